The number of aryl methyl sites for hydroxylation is 1. The quantitative estimate of drug-likeness (QED) is 0.852. The second-order valence-electron chi connectivity index (χ2n) is 6.09. The summed E-state index contributed by atoms with van der Waals surface area (Å²) in [7, 11) is -3.02. The topological polar surface area (TPSA) is 75.7 Å². The summed E-state index contributed by atoms with van der Waals surface area (Å²) in [6, 6.07) is 5.03. The number of benzene rings is 1. The number of hydrogen-bond donors (Lipinski definition) is 1. The Bertz CT molecular complexity index is 688. The first-order valence-electron chi connectivity index (χ1n) is 8.37. The van der Waals surface area contributed by atoms with Crippen LogP contribution < -0.4 is 10.1 Å². The van der Waals surface area contributed by atoms with Crippen LogP contribution in [0.5, 0.6) is 5.75 Å². The van der Waals surface area contributed by atoms with Crippen molar-refractivity contribution in [2.45, 2.75) is 39.7 Å². The van der Waals surface area contributed by atoms with Gasteiger partial charge in [0.05, 0.1) is 18.1 Å². The SMILES string of the molecule is CCCN(C(=O)Nc1ccc(OCC)cc1C)[C@@H]1CCS(=O)(=O)C1. The van der Waals surface area contributed by atoms with E-state index >= 15 is 0 Å². The Balaban J connectivity index is 2.10. The Hall–Kier alpha value is -1.76. The van der Waals surface area contributed by atoms with E-state index in [0.29, 0.717) is 25.3 Å². The van der Waals surface area contributed by atoms with Crippen LogP contribution in [0.1, 0.15) is 32.3 Å². The summed E-state index contributed by atoms with van der Waals surface area (Å²) in [5.41, 5.74) is 1.62. The summed E-state index contributed by atoms with van der Waals surface area (Å²) in [5.74, 6) is 0.982. The molecule has 0 radical (unpaired) electrons. The molecule has 0 bridgehead atoms. The molecule has 2 rings (SSSR count). The molecule has 24 heavy (non-hydrogen) atoms. The van der Waals surface area contributed by atoms with Crippen molar-refractivity contribution in [2.24, 2.45) is 0 Å². The van der Waals surface area contributed by atoms with Crippen molar-refractivity contribution >= 4 is 21.6 Å². The number of nitrogens with one attached hydrogen (secondary N) is 1. The third kappa shape index (κ3) is 4.63. The molecule has 6 nitrogen and oxygen atoms in total. The monoisotopic (exact) mass is 354 g/mol. The van der Waals surface area contributed by atoms with Gasteiger partial charge in [-0.1, -0.05) is 6.92 Å². The molecule has 0 saturated carbocycles. The standard InChI is InChI=1S/C17H26N2O4S/c1-4-9-19(14-8-10-24(21,22)12-14)17(20)18-16-7-6-15(23-5-2)11-13(16)3/h6-7,11,14H,4-5,8-10,12H2,1-3H3,(H,18,20)/t14-/m1/s1. The van der Waals surface area contributed by atoms with Crippen LogP contribution in [0.25, 0.3) is 0 Å². The fourth-order valence-electron chi connectivity index (χ4n) is 2.93. The normalized spacial score (nSPS) is 19.0. The zero-order valence-corrected chi connectivity index (χ0v) is 15.4. The lowest BCUT2D eigenvalue weighted by molar-refractivity contribution is 0.194. The van der Waals surface area contributed by atoms with Crippen LogP contribution in [-0.2, 0) is 9.84 Å². The van der Waals surface area contributed by atoms with Gasteiger partial charge in [0.1, 0.15) is 5.75 Å². The molecule has 1 aromatic rings. The first kappa shape index (κ1) is 18.6. The van der Waals surface area contributed by atoms with Crippen molar-refractivity contribution in [3.63, 3.8) is 0 Å². The van der Waals surface area contributed by atoms with E-state index in [1.165, 1.54) is 0 Å². The Morgan fingerprint density at radius 3 is 2.67 bits per heavy atom. The van der Waals surface area contributed by atoms with E-state index in [4.69, 9.17) is 4.74 Å². The Labute approximate surface area is 144 Å². The summed E-state index contributed by atoms with van der Waals surface area (Å²) < 4.78 is 28.9. The molecule has 1 fully saturated rings. The first-order valence-corrected chi connectivity index (χ1v) is 10.2. The highest BCUT2D eigenvalue weighted by Crippen LogP contribution is 2.23. The van der Waals surface area contributed by atoms with Gasteiger partial charge in [0, 0.05) is 18.3 Å². The summed E-state index contributed by atoms with van der Waals surface area (Å²) in [5, 5.41) is 2.91. The molecule has 0 spiro atoms. The molecule has 134 valence electrons. The van der Waals surface area contributed by atoms with Crippen LogP contribution in [0.4, 0.5) is 10.5 Å². The smallest absolute Gasteiger partial charge is 0.322 e. The summed E-state index contributed by atoms with van der Waals surface area (Å²) in [4.78, 5) is 14.3. The highest BCUT2D eigenvalue weighted by atomic mass is 32.2. The molecule has 1 aliphatic heterocycles. The molecule has 0 aromatic heterocycles. The van der Waals surface area contributed by atoms with Gasteiger partial charge in [-0.2, -0.15) is 0 Å². The number of hydrogen-bond acceptors (Lipinski definition) is 4. The minimum absolute atomic E-state index is 0.0582. The molecule has 1 atom stereocenters. The second kappa shape index (κ2) is 7.88. The number of carbonyl (C=O) groups excluding carboxylic acids is 1. The zero-order chi connectivity index (χ0) is 17.7. The molecule has 1 saturated heterocycles. The number of nitrogens with zero attached hydrogens (tertiary/aromatic N) is 1. The zero-order valence-electron chi connectivity index (χ0n) is 14.5. The van der Waals surface area contributed by atoms with Crippen molar-refractivity contribution in [3.05, 3.63) is 23.8 Å². The number of anilines is 1. The molecule has 1 aromatic carbocycles. The molecule has 1 N–H and O–H groups in total. The maximum atomic E-state index is 12.7. The Morgan fingerprint density at radius 2 is 2.12 bits per heavy atom. The van der Waals surface area contributed by atoms with Crippen LogP contribution in [0.15, 0.2) is 18.2 Å². The van der Waals surface area contributed by atoms with Gasteiger partial charge in [-0.3, -0.25) is 0 Å². The molecule has 1 heterocycles. The van der Waals surface area contributed by atoms with E-state index in [1.54, 1.807) is 4.90 Å². The highest BCUT2D eigenvalue weighted by molar-refractivity contribution is 7.91. The lowest BCUT2D eigenvalue weighted by Gasteiger charge is -2.28. The largest absolute Gasteiger partial charge is 0.494 e. The number of ether oxygens (including phenoxy) is 1. The Kier molecular flexibility index (Phi) is 6.10. The Morgan fingerprint density at radius 1 is 1.38 bits per heavy atom. The second-order valence-corrected chi connectivity index (χ2v) is 8.32. The molecular weight excluding hydrogens is 328 g/mol. The van der Waals surface area contributed by atoms with Gasteiger partial charge in [0.15, 0.2) is 9.84 Å². The minimum atomic E-state index is -3.02. The van der Waals surface area contributed by atoms with Gasteiger partial charge in [0.2, 0.25) is 0 Å². The van der Waals surface area contributed by atoms with E-state index in [0.717, 1.165) is 17.7 Å². The molecule has 2 amide bonds. The number of rotatable bonds is 6. The number of amides is 2. The third-order valence-corrected chi connectivity index (χ3v) is 5.88. The van der Waals surface area contributed by atoms with Crippen LogP contribution in [0, 0.1) is 6.92 Å². The predicted molar refractivity (Wildman–Crippen MR) is 95.4 cm³/mol. The third-order valence-electron chi connectivity index (χ3n) is 4.13. The summed E-state index contributed by atoms with van der Waals surface area (Å²) >= 11 is 0. The van der Waals surface area contributed by atoms with Gasteiger partial charge in [-0.05, 0) is 50.5 Å². The molecule has 0 aliphatic carbocycles. The average Bonchev–Trinajstić information content (AvgIpc) is 2.87. The average molecular weight is 354 g/mol. The maximum Gasteiger partial charge on any atom is 0.322 e. The summed E-state index contributed by atoms with van der Waals surface area (Å²) in [6.45, 7) is 6.94. The fraction of sp³-hybridized carbons (Fsp3) is 0.588. The van der Waals surface area contributed by atoms with E-state index in [-0.39, 0.29) is 23.6 Å². The molecular formula is C17H26N2O4S. The van der Waals surface area contributed by atoms with Crippen LogP contribution in [0.3, 0.4) is 0 Å². The predicted octanol–water partition coefficient (Wildman–Crippen LogP) is 2.82. The van der Waals surface area contributed by atoms with Crippen molar-refractivity contribution in [1.82, 2.24) is 4.90 Å². The number of urea groups is 1. The summed E-state index contributed by atoms with van der Waals surface area (Å²) in [6.07, 6.45) is 1.30. The minimum Gasteiger partial charge on any atom is -0.494 e. The fourth-order valence-corrected chi connectivity index (χ4v) is 4.66. The van der Waals surface area contributed by atoms with Crippen molar-refractivity contribution in [2.75, 3.05) is 30.0 Å². The number of sulfone groups is 1. The van der Waals surface area contributed by atoms with Gasteiger partial charge in [-0.15, -0.1) is 0 Å². The lowest BCUT2D eigenvalue weighted by Crippen LogP contribution is -2.44. The van der Waals surface area contributed by atoms with Gasteiger partial charge < -0.3 is 15.0 Å². The maximum absolute atomic E-state index is 12.7. The van der Waals surface area contributed by atoms with Crippen molar-refractivity contribution in [1.29, 1.82) is 0 Å². The lowest BCUT2D eigenvalue weighted by atomic mass is 10.2. The van der Waals surface area contributed by atoms with Crippen molar-refractivity contribution in [3.8, 4) is 5.75 Å². The van der Waals surface area contributed by atoms with Crippen LogP contribution >= 0.6 is 0 Å². The van der Waals surface area contributed by atoms with Crippen LogP contribution in [-0.4, -0.2) is 50.0 Å². The first-order chi connectivity index (χ1) is 11.4. The highest BCUT2D eigenvalue weighted by Gasteiger charge is 2.34. The van der Waals surface area contributed by atoms with Gasteiger partial charge >= 0.3 is 6.03 Å². The van der Waals surface area contributed by atoms with Crippen LogP contribution in [0.2, 0.25) is 0 Å². The van der Waals surface area contributed by atoms with E-state index in [1.807, 2.05) is 39.0 Å². The molecule has 1 aliphatic rings. The number of carbonyl (C=O) groups is 1. The van der Waals surface area contributed by atoms with E-state index in [2.05, 4.69) is 5.32 Å². The van der Waals surface area contributed by atoms with Crippen molar-refractivity contribution < 1.29 is 17.9 Å². The van der Waals surface area contributed by atoms with E-state index in [9.17, 15) is 13.2 Å². The molecule has 0 unspecified atom stereocenters. The van der Waals surface area contributed by atoms with Gasteiger partial charge in [0.25, 0.3) is 0 Å². The van der Waals surface area contributed by atoms with E-state index < -0.39 is 9.84 Å². The molecule has 7 heteroatoms. The van der Waals surface area contributed by atoms with Gasteiger partial charge in [-0.25, -0.2) is 13.2 Å².